The summed E-state index contributed by atoms with van der Waals surface area (Å²) in [6, 6.07) is 0.572. The number of alkyl halides is 2. The number of pyridine rings is 1. The molecule has 1 heterocycles. The predicted molar refractivity (Wildman–Crippen MR) is 48.8 cm³/mol. The number of halogens is 2. The molecule has 3 N–H and O–H groups in total. The third-order valence-corrected chi connectivity index (χ3v) is 2.61. The zero-order chi connectivity index (χ0) is 12.5. The second kappa shape index (κ2) is 4.18. The largest absolute Gasteiger partial charge is 0.503 e. The molecule has 9 heteroatoms. The Morgan fingerprint density at radius 1 is 1.56 bits per heavy atom. The van der Waals surface area contributed by atoms with Crippen LogP contribution in [0, 0.1) is 0 Å². The van der Waals surface area contributed by atoms with E-state index in [0.29, 0.717) is 6.07 Å². The average molecular weight is 254 g/mol. The smallest absolute Gasteiger partial charge is 0.281 e. The predicted octanol–water partition coefficient (Wildman–Crippen LogP) is 0.381. The minimum absolute atomic E-state index is 0.497. The number of ether oxygens (including phenoxy) is 1. The normalized spacial score (nSPS) is 11.8. The second-order valence-electron chi connectivity index (χ2n) is 2.75. The Morgan fingerprint density at radius 3 is 2.50 bits per heavy atom. The third kappa shape index (κ3) is 2.36. The van der Waals surface area contributed by atoms with Crippen molar-refractivity contribution < 1.29 is 27.0 Å². The Hall–Kier alpha value is -1.48. The average Bonchev–Trinajstić information content (AvgIpc) is 2.15. The van der Waals surface area contributed by atoms with E-state index in [1.165, 1.54) is 0 Å². The maximum atomic E-state index is 12.5. The van der Waals surface area contributed by atoms with Crippen LogP contribution in [0.2, 0.25) is 0 Å². The molecule has 0 unspecified atom stereocenters. The molecule has 0 fully saturated rings. The lowest BCUT2D eigenvalue weighted by atomic mass is 10.3. The van der Waals surface area contributed by atoms with Gasteiger partial charge in [-0.25, -0.2) is 27.3 Å². The number of aromatic nitrogens is 1. The summed E-state index contributed by atoms with van der Waals surface area (Å²) in [5, 5.41) is 13.9. The number of hydrogen-bond acceptors (Lipinski definition) is 5. The van der Waals surface area contributed by atoms with Gasteiger partial charge in [0.05, 0.1) is 7.11 Å². The molecule has 0 spiro atoms. The highest BCUT2D eigenvalue weighted by molar-refractivity contribution is 7.89. The van der Waals surface area contributed by atoms with E-state index >= 15 is 0 Å². The monoisotopic (exact) mass is 254 g/mol. The van der Waals surface area contributed by atoms with Crippen molar-refractivity contribution in [2.24, 2.45) is 5.14 Å². The van der Waals surface area contributed by atoms with Gasteiger partial charge in [-0.2, -0.15) is 0 Å². The summed E-state index contributed by atoms with van der Waals surface area (Å²) in [6.07, 6.45) is -3.15. The maximum absolute atomic E-state index is 12.5. The molecule has 16 heavy (non-hydrogen) atoms. The molecule has 0 saturated carbocycles. The van der Waals surface area contributed by atoms with Gasteiger partial charge in [-0.3, -0.25) is 0 Å². The van der Waals surface area contributed by atoms with Crippen molar-refractivity contribution in [3.63, 3.8) is 0 Å². The number of nitrogens with zero attached hydrogens (tertiary/aromatic N) is 1. The van der Waals surface area contributed by atoms with Crippen LogP contribution in [0.25, 0.3) is 0 Å². The Kier molecular flexibility index (Phi) is 3.29. The molecule has 0 radical (unpaired) electrons. The fourth-order valence-corrected chi connectivity index (χ4v) is 1.72. The van der Waals surface area contributed by atoms with Crippen molar-refractivity contribution in [2.45, 2.75) is 11.3 Å². The molecule has 90 valence electrons. The lowest BCUT2D eigenvalue weighted by molar-refractivity contribution is 0.140. The van der Waals surface area contributed by atoms with Crippen LogP contribution in [0.5, 0.6) is 11.6 Å². The fraction of sp³-hybridized carbons (Fsp3) is 0.286. The van der Waals surface area contributed by atoms with E-state index in [1.807, 2.05) is 0 Å². The van der Waals surface area contributed by atoms with Crippen LogP contribution in [0.1, 0.15) is 12.1 Å². The van der Waals surface area contributed by atoms with Gasteiger partial charge in [-0.15, -0.1) is 0 Å². The summed E-state index contributed by atoms with van der Waals surface area (Å²) < 4.78 is 51.4. The topological polar surface area (TPSA) is 103 Å². The van der Waals surface area contributed by atoms with Crippen LogP contribution < -0.4 is 9.88 Å². The Morgan fingerprint density at radius 2 is 2.12 bits per heavy atom. The van der Waals surface area contributed by atoms with Gasteiger partial charge in [0.15, 0.2) is 5.75 Å². The van der Waals surface area contributed by atoms with E-state index < -0.39 is 38.7 Å². The van der Waals surface area contributed by atoms with E-state index in [1.54, 1.807) is 0 Å². The van der Waals surface area contributed by atoms with Crippen LogP contribution >= 0.6 is 0 Å². The molecule has 0 atom stereocenters. The van der Waals surface area contributed by atoms with E-state index in [4.69, 9.17) is 5.14 Å². The molecule has 0 aliphatic heterocycles. The zero-order valence-corrected chi connectivity index (χ0v) is 8.83. The maximum Gasteiger partial charge on any atom is 0.281 e. The standard InChI is InChI=1S/C7H8F2N2O4S/c1-15-7-3(12)2-4(16(10,13)14)5(11-7)6(8)9/h2,6,12H,1H3,(H2,10,13,14). The Bertz CT molecular complexity index is 503. The third-order valence-electron chi connectivity index (χ3n) is 1.67. The van der Waals surface area contributed by atoms with E-state index in [-0.39, 0.29) is 0 Å². The molecule has 0 aromatic carbocycles. The quantitative estimate of drug-likeness (QED) is 0.811. The Balaban J connectivity index is 3.55. The molecule has 0 bridgehead atoms. The van der Waals surface area contributed by atoms with Crippen LogP contribution in [0.3, 0.4) is 0 Å². The van der Waals surface area contributed by atoms with Gasteiger partial charge < -0.3 is 9.84 Å². The van der Waals surface area contributed by atoms with Crippen molar-refractivity contribution in [2.75, 3.05) is 7.11 Å². The highest BCUT2D eigenvalue weighted by Gasteiger charge is 2.25. The number of primary sulfonamides is 1. The van der Waals surface area contributed by atoms with Gasteiger partial charge in [-0.05, 0) is 0 Å². The van der Waals surface area contributed by atoms with Crippen molar-refractivity contribution in [1.82, 2.24) is 4.98 Å². The second-order valence-corrected chi connectivity index (χ2v) is 4.28. The molecule has 1 aromatic rings. The van der Waals surface area contributed by atoms with E-state index in [9.17, 15) is 22.3 Å². The minimum Gasteiger partial charge on any atom is -0.503 e. The molecular formula is C7H8F2N2O4S. The van der Waals surface area contributed by atoms with Gasteiger partial charge >= 0.3 is 0 Å². The summed E-state index contributed by atoms with van der Waals surface area (Å²) in [4.78, 5) is 2.25. The molecule has 1 aromatic heterocycles. The van der Waals surface area contributed by atoms with Gasteiger partial charge in [-0.1, -0.05) is 0 Å². The Labute approximate surface area is 89.7 Å². The van der Waals surface area contributed by atoms with Crippen LogP contribution in [0.4, 0.5) is 8.78 Å². The SMILES string of the molecule is COc1nc(C(F)F)c(S(N)(=O)=O)cc1O. The summed E-state index contributed by atoms with van der Waals surface area (Å²) in [6.45, 7) is 0. The number of rotatable bonds is 3. The highest BCUT2D eigenvalue weighted by Crippen LogP contribution is 2.32. The lowest BCUT2D eigenvalue weighted by Crippen LogP contribution is -2.16. The molecule has 6 nitrogen and oxygen atoms in total. The number of hydrogen-bond donors (Lipinski definition) is 2. The first-order valence-electron chi connectivity index (χ1n) is 3.86. The first kappa shape index (κ1) is 12.6. The fourth-order valence-electron chi connectivity index (χ4n) is 1.02. The summed E-state index contributed by atoms with van der Waals surface area (Å²) in [7, 11) is -3.29. The van der Waals surface area contributed by atoms with Crippen molar-refractivity contribution in [3.8, 4) is 11.6 Å². The number of aromatic hydroxyl groups is 1. The van der Waals surface area contributed by atoms with Crippen molar-refractivity contribution in [1.29, 1.82) is 0 Å². The molecule has 0 aliphatic carbocycles. The summed E-state index contributed by atoms with van der Waals surface area (Å²) in [5.41, 5.74) is -1.06. The summed E-state index contributed by atoms with van der Waals surface area (Å²) in [5.74, 6) is -1.18. The molecular weight excluding hydrogens is 246 g/mol. The van der Waals surface area contributed by atoms with Gasteiger partial charge in [0.25, 0.3) is 12.3 Å². The van der Waals surface area contributed by atoms with Gasteiger partial charge in [0.1, 0.15) is 10.6 Å². The van der Waals surface area contributed by atoms with Crippen LogP contribution in [-0.2, 0) is 10.0 Å². The molecule has 1 rings (SSSR count). The van der Waals surface area contributed by atoms with Crippen molar-refractivity contribution >= 4 is 10.0 Å². The van der Waals surface area contributed by atoms with Crippen molar-refractivity contribution in [3.05, 3.63) is 11.8 Å². The number of methoxy groups -OCH3 is 1. The number of nitrogens with two attached hydrogens (primary N) is 1. The first-order valence-corrected chi connectivity index (χ1v) is 5.41. The van der Waals surface area contributed by atoms with Gasteiger partial charge in [0.2, 0.25) is 10.0 Å². The van der Waals surface area contributed by atoms with Crippen LogP contribution in [-0.4, -0.2) is 25.6 Å². The zero-order valence-electron chi connectivity index (χ0n) is 8.02. The first-order chi connectivity index (χ1) is 7.27. The highest BCUT2D eigenvalue weighted by atomic mass is 32.2. The van der Waals surface area contributed by atoms with Gasteiger partial charge in [0, 0.05) is 6.07 Å². The van der Waals surface area contributed by atoms with E-state index in [0.717, 1.165) is 7.11 Å². The molecule has 0 amide bonds. The number of sulfonamides is 1. The van der Waals surface area contributed by atoms with Crippen LogP contribution in [0.15, 0.2) is 11.0 Å². The molecule has 0 aliphatic rings. The molecule has 0 saturated heterocycles. The summed E-state index contributed by atoms with van der Waals surface area (Å²) >= 11 is 0. The van der Waals surface area contributed by atoms with E-state index in [2.05, 4.69) is 9.72 Å². The minimum atomic E-state index is -4.38. The lowest BCUT2D eigenvalue weighted by Gasteiger charge is -2.09.